The predicted octanol–water partition coefficient (Wildman–Crippen LogP) is 1.47. The van der Waals surface area contributed by atoms with Crippen LogP contribution in [0.25, 0.3) is 0 Å². The highest BCUT2D eigenvalue weighted by Crippen LogP contribution is 2.22. The van der Waals surface area contributed by atoms with Gasteiger partial charge in [-0.2, -0.15) is 0 Å². The lowest BCUT2D eigenvalue weighted by Crippen LogP contribution is -2.33. The Labute approximate surface area is 83.1 Å². The highest BCUT2D eigenvalue weighted by atomic mass is 35.5. The first kappa shape index (κ1) is 10.4. The molecule has 0 aliphatic heterocycles. The second kappa shape index (κ2) is 4.56. The number of hydrogen-bond donors (Lipinski definition) is 2. The van der Waals surface area contributed by atoms with Gasteiger partial charge in [-0.3, -0.25) is 4.98 Å². The summed E-state index contributed by atoms with van der Waals surface area (Å²) in [4.78, 5) is 3.88. The van der Waals surface area contributed by atoms with E-state index in [9.17, 15) is 0 Å². The van der Waals surface area contributed by atoms with Gasteiger partial charge in [0.2, 0.25) is 0 Å². The zero-order valence-electron chi connectivity index (χ0n) is 7.57. The van der Waals surface area contributed by atoms with Crippen LogP contribution in [0.1, 0.15) is 24.9 Å². The maximum atomic E-state index is 5.92. The molecule has 0 amide bonds. The van der Waals surface area contributed by atoms with Gasteiger partial charge in [0.25, 0.3) is 0 Å². The van der Waals surface area contributed by atoms with Crippen LogP contribution in [0.15, 0.2) is 18.5 Å². The Hall–Kier alpha value is -0.640. The smallest absolute Gasteiger partial charge is 0.0637 e. The number of nitrogens with zero attached hydrogens (tertiary/aromatic N) is 1. The van der Waals surface area contributed by atoms with Crippen molar-refractivity contribution in [1.29, 1.82) is 0 Å². The molecule has 1 heterocycles. The Morgan fingerprint density at radius 3 is 2.77 bits per heavy atom. The van der Waals surface area contributed by atoms with Gasteiger partial charge in [0, 0.05) is 24.5 Å². The van der Waals surface area contributed by atoms with Crippen molar-refractivity contribution in [3.63, 3.8) is 0 Å². The third kappa shape index (κ3) is 2.40. The second-order valence-electron chi connectivity index (χ2n) is 3.00. The van der Waals surface area contributed by atoms with Crippen molar-refractivity contribution in [2.24, 2.45) is 11.5 Å². The van der Waals surface area contributed by atoms with Crippen molar-refractivity contribution in [3.8, 4) is 0 Å². The molecule has 0 spiro atoms. The summed E-state index contributed by atoms with van der Waals surface area (Å²) in [6.07, 6.45) is 4.09. The molecular weight excluding hydrogens is 186 g/mol. The number of halogens is 1. The zero-order valence-corrected chi connectivity index (χ0v) is 8.33. The Kier molecular flexibility index (Phi) is 3.66. The lowest BCUT2D eigenvalue weighted by Gasteiger charge is -2.19. The van der Waals surface area contributed by atoms with E-state index in [-0.39, 0.29) is 12.1 Å². The minimum atomic E-state index is -0.208. The van der Waals surface area contributed by atoms with Crippen LogP contribution >= 0.6 is 11.6 Å². The third-order valence-electron chi connectivity index (χ3n) is 2.10. The Balaban J connectivity index is 2.88. The van der Waals surface area contributed by atoms with Gasteiger partial charge in [0.05, 0.1) is 5.02 Å². The van der Waals surface area contributed by atoms with Gasteiger partial charge in [-0.25, -0.2) is 0 Å². The molecule has 13 heavy (non-hydrogen) atoms. The maximum Gasteiger partial charge on any atom is 0.0637 e. The summed E-state index contributed by atoms with van der Waals surface area (Å²) >= 11 is 5.92. The van der Waals surface area contributed by atoms with Gasteiger partial charge < -0.3 is 11.5 Å². The van der Waals surface area contributed by atoms with Crippen molar-refractivity contribution in [1.82, 2.24) is 4.98 Å². The van der Waals surface area contributed by atoms with E-state index in [4.69, 9.17) is 23.1 Å². The van der Waals surface area contributed by atoms with Crippen LogP contribution in [-0.2, 0) is 0 Å². The lowest BCUT2D eigenvalue weighted by atomic mass is 10.0. The standard InChI is InChI=1S/C9H14ClN3/c1-2-8(11)9(12)6-3-4-13-5-7(6)10/h3-5,8-9H,2,11-12H2,1H3/t8-,9-/m0/s1. The average molecular weight is 200 g/mol. The summed E-state index contributed by atoms with van der Waals surface area (Å²) in [6.45, 7) is 2.00. The summed E-state index contributed by atoms with van der Waals surface area (Å²) in [5, 5.41) is 0.582. The molecule has 0 bridgehead atoms. The molecule has 4 N–H and O–H groups in total. The Bertz CT molecular complexity index is 277. The van der Waals surface area contributed by atoms with Crippen molar-refractivity contribution in [2.75, 3.05) is 0 Å². The van der Waals surface area contributed by atoms with Gasteiger partial charge in [-0.1, -0.05) is 18.5 Å². The molecule has 1 aromatic rings. The van der Waals surface area contributed by atoms with E-state index in [1.807, 2.05) is 13.0 Å². The third-order valence-corrected chi connectivity index (χ3v) is 2.41. The fraction of sp³-hybridized carbons (Fsp3) is 0.444. The normalized spacial score (nSPS) is 15.4. The molecule has 0 aliphatic rings. The van der Waals surface area contributed by atoms with Crippen LogP contribution in [0.5, 0.6) is 0 Å². The van der Waals surface area contributed by atoms with Crippen LogP contribution in [0.3, 0.4) is 0 Å². The summed E-state index contributed by atoms with van der Waals surface area (Å²) in [5.41, 5.74) is 12.6. The van der Waals surface area contributed by atoms with Gasteiger partial charge in [0.1, 0.15) is 0 Å². The first-order valence-corrected chi connectivity index (χ1v) is 4.65. The number of aromatic nitrogens is 1. The predicted molar refractivity (Wildman–Crippen MR) is 54.4 cm³/mol. The highest BCUT2D eigenvalue weighted by molar-refractivity contribution is 6.31. The van der Waals surface area contributed by atoms with Crippen molar-refractivity contribution in [3.05, 3.63) is 29.0 Å². The first-order valence-electron chi connectivity index (χ1n) is 4.27. The van der Waals surface area contributed by atoms with Gasteiger partial charge in [0.15, 0.2) is 0 Å². The topological polar surface area (TPSA) is 64.9 Å². The van der Waals surface area contributed by atoms with Crippen LogP contribution in [0, 0.1) is 0 Å². The molecule has 0 saturated heterocycles. The van der Waals surface area contributed by atoms with Crippen LogP contribution in [0.2, 0.25) is 5.02 Å². The van der Waals surface area contributed by atoms with Gasteiger partial charge in [-0.05, 0) is 18.1 Å². The number of hydrogen-bond acceptors (Lipinski definition) is 3. The molecule has 4 heteroatoms. The van der Waals surface area contributed by atoms with E-state index in [0.717, 1.165) is 12.0 Å². The molecular formula is C9H14ClN3. The zero-order chi connectivity index (χ0) is 9.84. The summed E-state index contributed by atoms with van der Waals surface area (Å²) in [5.74, 6) is 0. The minimum absolute atomic E-state index is 0.0556. The van der Waals surface area contributed by atoms with Gasteiger partial charge in [-0.15, -0.1) is 0 Å². The van der Waals surface area contributed by atoms with E-state index in [0.29, 0.717) is 5.02 Å². The molecule has 0 unspecified atom stereocenters. The molecule has 0 fully saturated rings. The number of rotatable bonds is 3. The molecule has 2 atom stereocenters. The van der Waals surface area contributed by atoms with Crippen molar-refractivity contribution < 1.29 is 0 Å². The number of nitrogens with two attached hydrogens (primary N) is 2. The summed E-state index contributed by atoms with van der Waals surface area (Å²) < 4.78 is 0. The first-order chi connectivity index (χ1) is 6.16. The molecule has 1 aromatic heterocycles. The fourth-order valence-electron chi connectivity index (χ4n) is 1.14. The molecule has 3 nitrogen and oxygen atoms in total. The Morgan fingerprint density at radius 2 is 2.23 bits per heavy atom. The molecule has 72 valence electrons. The molecule has 1 rings (SSSR count). The van der Waals surface area contributed by atoms with E-state index in [2.05, 4.69) is 4.98 Å². The van der Waals surface area contributed by atoms with Crippen LogP contribution < -0.4 is 11.5 Å². The van der Waals surface area contributed by atoms with Gasteiger partial charge >= 0.3 is 0 Å². The minimum Gasteiger partial charge on any atom is -0.326 e. The number of pyridine rings is 1. The fourth-order valence-corrected chi connectivity index (χ4v) is 1.39. The van der Waals surface area contributed by atoms with E-state index >= 15 is 0 Å². The largest absolute Gasteiger partial charge is 0.326 e. The highest BCUT2D eigenvalue weighted by Gasteiger charge is 2.15. The molecule has 0 radical (unpaired) electrons. The van der Waals surface area contributed by atoms with Crippen molar-refractivity contribution >= 4 is 11.6 Å². The second-order valence-corrected chi connectivity index (χ2v) is 3.40. The SMILES string of the molecule is CC[C@H](N)[C@@H](N)c1ccncc1Cl. The average Bonchev–Trinajstić information content (AvgIpc) is 2.16. The van der Waals surface area contributed by atoms with Crippen LogP contribution in [0.4, 0.5) is 0 Å². The van der Waals surface area contributed by atoms with E-state index < -0.39 is 0 Å². The van der Waals surface area contributed by atoms with Crippen LogP contribution in [-0.4, -0.2) is 11.0 Å². The Morgan fingerprint density at radius 1 is 1.54 bits per heavy atom. The quantitative estimate of drug-likeness (QED) is 0.775. The van der Waals surface area contributed by atoms with Crippen molar-refractivity contribution in [2.45, 2.75) is 25.4 Å². The molecule has 0 saturated carbocycles. The molecule has 0 aromatic carbocycles. The monoisotopic (exact) mass is 199 g/mol. The van der Waals surface area contributed by atoms with E-state index in [1.165, 1.54) is 0 Å². The lowest BCUT2D eigenvalue weighted by molar-refractivity contribution is 0.532. The summed E-state index contributed by atoms with van der Waals surface area (Å²) in [6, 6.07) is 1.54. The summed E-state index contributed by atoms with van der Waals surface area (Å²) in [7, 11) is 0. The van der Waals surface area contributed by atoms with E-state index in [1.54, 1.807) is 12.4 Å². The molecule has 0 aliphatic carbocycles. The maximum absolute atomic E-state index is 5.92.